The molecule has 0 heterocycles. The van der Waals surface area contributed by atoms with Gasteiger partial charge in [0.05, 0.1) is 3.57 Å². The van der Waals surface area contributed by atoms with Crippen molar-refractivity contribution in [2.24, 2.45) is 11.8 Å². The van der Waals surface area contributed by atoms with Crippen molar-refractivity contribution in [1.29, 1.82) is 0 Å². The van der Waals surface area contributed by atoms with Crippen LogP contribution in [0.2, 0.25) is 0 Å². The van der Waals surface area contributed by atoms with Gasteiger partial charge in [0, 0.05) is 12.1 Å². The van der Waals surface area contributed by atoms with Gasteiger partial charge in [-0.25, -0.2) is 0 Å². The maximum absolute atomic E-state index is 12.0. The molecule has 1 aromatic carbocycles. The fraction of sp³-hybridized carbons (Fsp3) is 0.533. The van der Waals surface area contributed by atoms with Gasteiger partial charge in [0.15, 0.2) is 0 Å². The lowest BCUT2D eigenvalue weighted by molar-refractivity contribution is 0.0940. The van der Waals surface area contributed by atoms with Crippen molar-refractivity contribution in [2.45, 2.75) is 32.6 Å². The topological polar surface area (TPSA) is 49.3 Å². The third kappa shape index (κ3) is 4.09. The monoisotopic (exact) mass is 373 g/mol. The number of hydrogen-bond donors (Lipinski definition) is 2. The highest BCUT2D eigenvalue weighted by molar-refractivity contribution is 14.1. The van der Waals surface area contributed by atoms with Crippen molar-refractivity contribution in [1.82, 2.24) is 5.32 Å². The Morgan fingerprint density at radius 2 is 2.26 bits per heavy atom. The zero-order valence-electron chi connectivity index (χ0n) is 11.2. The number of aromatic hydroxyl groups is 1. The molecule has 1 fully saturated rings. The Morgan fingerprint density at radius 3 is 2.95 bits per heavy atom. The SMILES string of the molecule is CC1CCCC(CNC(=O)c2ccc(I)c(O)c2)C1. The Morgan fingerprint density at radius 1 is 1.47 bits per heavy atom. The first-order chi connectivity index (χ1) is 9.06. The van der Waals surface area contributed by atoms with E-state index in [9.17, 15) is 9.90 Å². The second-order valence-electron chi connectivity index (χ2n) is 5.51. The summed E-state index contributed by atoms with van der Waals surface area (Å²) in [5.74, 6) is 1.45. The smallest absolute Gasteiger partial charge is 0.251 e. The van der Waals surface area contributed by atoms with E-state index in [1.54, 1.807) is 12.1 Å². The zero-order chi connectivity index (χ0) is 13.8. The van der Waals surface area contributed by atoms with E-state index < -0.39 is 0 Å². The molecule has 2 N–H and O–H groups in total. The van der Waals surface area contributed by atoms with Gasteiger partial charge in [0.2, 0.25) is 0 Å². The summed E-state index contributed by atoms with van der Waals surface area (Å²) in [7, 11) is 0. The minimum Gasteiger partial charge on any atom is -0.507 e. The number of benzene rings is 1. The number of carbonyl (C=O) groups is 1. The number of phenolic OH excluding ortho intramolecular Hbond substituents is 1. The molecule has 1 aromatic rings. The van der Waals surface area contributed by atoms with E-state index in [2.05, 4.69) is 12.2 Å². The molecule has 1 aliphatic carbocycles. The molecule has 4 heteroatoms. The fourth-order valence-electron chi connectivity index (χ4n) is 2.74. The summed E-state index contributed by atoms with van der Waals surface area (Å²) in [5, 5.41) is 12.6. The molecule has 2 unspecified atom stereocenters. The summed E-state index contributed by atoms with van der Waals surface area (Å²) in [5.41, 5.74) is 0.529. The maximum atomic E-state index is 12.0. The molecule has 0 aromatic heterocycles. The molecule has 1 saturated carbocycles. The van der Waals surface area contributed by atoms with Crippen molar-refractivity contribution in [3.8, 4) is 5.75 Å². The normalized spacial score (nSPS) is 23.1. The first-order valence-corrected chi connectivity index (χ1v) is 7.91. The lowest BCUT2D eigenvalue weighted by atomic mass is 9.82. The molecule has 0 bridgehead atoms. The van der Waals surface area contributed by atoms with Gasteiger partial charge in [-0.05, 0) is 65.5 Å². The summed E-state index contributed by atoms with van der Waals surface area (Å²) < 4.78 is 0.759. The summed E-state index contributed by atoms with van der Waals surface area (Å²) in [4.78, 5) is 12.0. The molecule has 0 spiro atoms. The van der Waals surface area contributed by atoms with Crippen LogP contribution in [-0.2, 0) is 0 Å². The van der Waals surface area contributed by atoms with Crippen LogP contribution in [0.3, 0.4) is 0 Å². The van der Waals surface area contributed by atoms with Gasteiger partial charge < -0.3 is 10.4 Å². The standard InChI is InChI=1S/C15H20INO2/c1-10-3-2-4-11(7-10)9-17-15(19)12-5-6-13(16)14(18)8-12/h5-6,8,10-11,18H,2-4,7,9H2,1H3,(H,17,19). The third-order valence-corrected chi connectivity index (χ3v) is 4.72. The summed E-state index contributed by atoms with van der Waals surface area (Å²) in [6, 6.07) is 5.04. The van der Waals surface area contributed by atoms with Crippen LogP contribution in [0.4, 0.5) is 0 Å². The van der Waals surface area contributed by atoms with Gasteiger partial charge in [0.25, 0.3) is 5.91 Å². The predicted molar refractivity (Wildman–Crippen MR) is 84.3 cm³/mol. The molecule has 2 rings (SSSR count). The first kappa shape index (κ1) is 14.6. The number of amides is 1. The van der Waals surface area contributed by atoms with E-state index in [1.807, 2.05) is 22.6 Å². The van der Waals surface area contributed by atoms with Crippen LogP contribution in [0.5, 0.6) is 5.75 Å². The summed E-state index contributed by atoms with van der Waals surface area (Å²) in [6.45, 7) is 3.03. The Kier molecular flexibility index (Phi) is 5.07. The highest BCUT2D eigenvalue weighted by Crippen LogP contribution is 2.28. The zero-order valence-corrected chi connectivity index (χ0v) is 13.3. The third-order valence-electron chi connectivity index (χ3n) is 3.80. The van der Waals surface area contributed by atoms with Crippen LogP contribution >= 0.6 is 22.6 Å². The number of nitrogens with one attached hydrogen (secondary N) is 1. The molecule has 3 nitrogen and oxygen atoms in total. The summed E-state index contributed by atoms with van der Waals surface area (Å²) >= 11 is 2.04. The first-order valence-electron chi connectivity index (χ1n) is 6.83. The van der Waals surface area contributed by atoms with E-state index in [4.69, 9.17) is 0 Å². The lowest BCUT2D eigenvalue weighted by Gasteiger charge is -2.26. The fourth-order valence-corrected chi connectivity index (χ4v) is 3.07. The number of hydrogen-bond acceptors (Lipinski definition) is 2. The van der Waals surface area contributed by atoms with Crippen LogP contribution in [0.25, 0.3) is 0 Å². The number of phenols is 1. The van der Waals surface area contributed by atoms with Crippen molar-refractivity contribution < 1.29 is 9.90 Å². The van der Waals surface area contributed by atoms with Crippen molar-refractivity contribution in [3.63, 3.8) is 0 Å². The van der Waals surface area contributed by atoms with Crippen LogP contribution < -0.4 is 5.32 Å². The molecular formula is C15H20INO2. The average molecular weight is 373 g/mol. The van der Waals surface area contributed by atoms with Crippen LogP contribution in [-0.4, -0.2) is 17.6 Å². The van der Waals surface area contributed by atoms with E-state index in [1.165, 1.54) is 31.7 Å². The van der Waals surface area contributed by atoms with Gasteiger partial charge in [0.1, 0.15) is 5.75 Å². The molecule has 1 amide bonds. The Bertz CT molecular complexity index is 461. The molecule has 0 radical (unpaired) electrons. The molecule has 0 aliphatic heterocycles. The Labute approximate surface area is 127 Å². The highest BCUT2D eigenvalue weighted by Gasteiger charge is 2.19. The van der Waals surface area contributed by atoms with Crippen molar-refractivity contribution >= 4 is 28.5 Å². The number of carbonyl (C=O) groups excluding carboxylic acids is 1. The quantitative estimate of drug-likeness (QED) is 0.797. The lowest BCUT2D eigenvalue weighted by Crippen LogP contribution is -2.31. The van der Waals surface area contributed by atoms with Gasteiger partial charge in [-0.3, -0.25) is 4.79 Å². The van der Waals surface area contributed by atoms with Crippen molar-refractivity contribution in [3.05, 3.63) is 27.3 Å². The Hall–Kier alpha value is -0.780. The largest absolute Gasteiger partial charge is 0.507 e. The summed E-state index contributed by atoms with van der Waals surface area (Å²) in [6.07, 6.45) is 5.00. The molecule has 104 valence electrons. The van der Waals surface area contributed by atoms with E-state index in [0.29, 0.717) is 11.5 Å². The van der Waals surface area contributed by atoms with Crippen LogP contribution in [0, 0.1) is 15.4 Å². The minimum atomic E-state index is -0.0927. The second kappa shape index (κ2) is 6.59. The van der Waals surface area contributed by atoms with E-state index in [-0.39, 0.29) is 11.7 Å². The van der Waals surface area contributed by atoms with Gasteiger partial charge in [-0.2, -0.15) is 0 Å². The molecule has 1 aliphatic rings. The van der Waals surface area contributed by atoms with E-state index >= 15 is 0 Å². The Balaban J connectivity index is 1.88. The second-order valence-corrected chi connectivity index (χ2v) is 6.68. The van der Waals surface area contributed by atoms with Gasteiger partial charge in [-0.15, -0.1) is 0 Å². The minimum absolute atomic E-state index is 0.0927. The average Bonchev–Trinajstić information content (AvgIpc) is 2.39. The molecular weight excluding hydrogens is 353 g/mol. The van der Waals surface area contributed by atoms with Gasteiger partial charge in [-0.1, -0.05) is 19.8 Å². The predicted octanol–water partition coefficient (Wildman–Crippen LogP) is 3.55. The maximum Gasteiger partial charge on any atom is 0.251 e. The molecule has 0 saturated heterocycles. The van der Waals surface area contributed by atoms with Crippen LogP contribution in [0.1, 0.15) is 43.0 Å². The number of halogens is 1. The molecule has 2 atom stereocenters. The molecule has 19 heavy (non-hydrogen) atoms. The highest BCUT2D eigenvalue weighted by atomic mass is 127. The van der Waals surface area contributed by atoms with Crippen molar-refractivity contribution in [2.75, 3.05) is 6.54 Å². The van der Waals surface area contributed by atoms with E-state index in [0.717, 1.165) is 16.0 Å². The van der Waals surface area contributed by atoms with Crippen LogP contribution in [0.15, 0.2) is 18.2 Å². The number of rotatable bonds is 3. The van der Waals surface area contributed by atoms with Gasteiger partial charge >= 0.3 is 0 Å².